The van der Waals surface area contributed by atoms with Crippen LogP contribution in [0, 0.1) is 0 Å². The van der Waals surface area contributed by atoms with Gasteiger partial charge in [0.25, 0.3) is 0 Å². The Balaban J connectivity index is 3.13. The monoisotopic (exact) mass is 268 g/mol. The molecule has 18 heavy (non-hydrogen) atoms. The van der Waals surface area contributed by atoms with Crippen molar-refractivity contribution in [2.45, 2.75) is 38.4 Å². The van der Waals surface area contributed by atoms with E-state index in [-0.39, 0.29) is 24.4 Å². The number of hydrogen-bond acceptors (Lipinski definition) is 0. The fourth-order valence-corrected chi connectivity index (χ4v) is 1.74. The Labute approximate surface area is 101 Å². The van der Waals surface area contributed by atoms with Crippen LogP contribution < -0.4 is 0 Å². The second kappa shape index (κ2) is 5.32. The summed E-state index contributed by atoms with van der Waals surface area (Å²) in [6.07, 6.45) is -6.59. The first-order chi connectivity index (χ1) is 8.15. The van der Waals surface area contributed by atoms with Gasteiger partial charge in [0.15, 0.2) is 0 Å². The van der Waals surface area contributed by atoms with Crippen molar-refractivity contribution in [3.8, 4) is 0 Å². The molecule has 0 fully saturated rings. The maximum absolute atomic E-state index is 12.6. The summed E-state index contributed by atoms with van der Waals surface area (Å²) in [4.78, 5) is 0. The van der Waals surface area contributed by atoms with E-state index in [9.17, 15) is 26.3 Å². The van der Waals surface area contributed by atoms with Crippen LogP contribution in [0.1, 0.15) is 26.2 Å². The Hall–Kier alpha value is -1.01. The minimum absolute atomic E-state index is 0.000255. The van der Waals surface area contributed by atoms with Gasteiger partial charge in [-0.1, -0.05) is 0 Å². The van der Waals surface area contributed by atoms with Gasteiger partial charge in [-0.15, -0.1) is 0 Å². The minimum atomic E-state index is -4.61. The van der Waals surface area contributed by atoms with Crippen LogP contribution in [0.15, 0.2) is 23.3 Å². The first-order valence-corrected chi connectivity index (χ1v) is 5.43. The molecule has 0 aromatic carbocycles. The van der Waals surface area contributed by atoms with Crippen LogP contribution in [0.3, 0.4) is 0 Å². The molecule has 0 amide bonds. The van der Waals surface area contributed by atoms with E-state index in [1.165, 1.54) is 0 Å². The van der Waals surface area contributed by atoms with Crippen LogP contribution in [0.25, 0.3) is 0 Å². The SMILES string of the molecule is CCCCC1=C(C(F)(F)F)C=CC1=BC(F)(F)F. The summed E-state index contributed by atoms with van der Waals surface area (Å²) in [6.45, 7) is 1.69. The van der Waals surface area contributed by atoms with Crippen molar-refractivity contribution in [3.63, 3.8) is 0 Å². The second-order valence-corrected chi connectivity index (χ2v) is 3.97. The predicted molar refractivity (Wildman–Crippen MR) is 58.6 cm³/mol. The van der Waals surface area contributed by atoms with Crippen LogP contribution in [0.5, 0.6) is 0 Å². The molecule has 0 aliphatic heterocycles. The Morgan fingerprint density at radius 1 is 1.06 bits per heavy atom. The number of halogens is 6. The van der Waals surface area contributed by atoms with E-state index in [2.05, 4.69) is 0 Å². The van der Waals surface area contributed by atoms with Gasteiger partial charge in [-0.05, 0) is 0 Å². The zero-order valence-electron chi connectivity index (χ0n) is 9.62. The van der Waals surface area contributed by atoms with Gasteiger partial charge in [0, 0.05) is 0 Å². The van der Waals surface area contributed by atoms with Crippen LogP contribution in [0.2, 0.25) is 0 Å². The van der Waals surface area contributed by atoms with Gasteiger partial charge < -0.3 is 0 Å². The van der Waals surface area contributed by atoms with E-state index < -0.39 is 17.8 Å². The van der Waals surface area contributed by atoms with E-state index in [0.29, 0.717) is 18.9 Å². The van der Waals surface area contributed by atoms with Crippen molar-refractivity contribution in [1.82, 2.24) is 0 Å². The molecule has 0 unspecified atom stereocenters. The third-order valence-corrected chi connectivity index (χ3v) is 2.51. The van der Waals surface area contributed by atoms with Crippen molar-refractivity contribution in [3.05, 3.63) is 23.3 Å². The molecule has 0 aromatic heterocycles. The van der Waals surface area contributed by atoms with Gasteiger partial charge in [0.05, 0.1) is 0 Å². The molecule has 0 saturated carbocycles. The van der Waals surface area contributed by atoms with E-state index in [1.807, 2.05) is 0 Å². The van der Waals surface area contributed by atoms with Gasteiger partial charge in [0.1, 0.15) is 0 Å². The van der Waals surface area contributed by atoms with Crippen LogP contribution in [-0.2, 0) is 0 Å². The number of unbranched alkanes of at least 4 members (excludes halogenated alkanes) is 1. The topological polar surface area (TPSA) is 0 Å². The molecule has 0 saturated heterocycles. The average molecular weight is 268 g/mol. The van der Waals surface area contributed by atoms with E-state index in [0.717, 1.165) is 6.08 Å². The summed E-state index contributed by atoms with van der Waals surface area (Å²) in [6, 6.07) is 0. The van der Waals surface area contributed by atoms with Crippen LogP contribution in [-0.4, -0.2) is 24.6 Å². The predicted octanol–water partition coefficient (Wildman–Crippen LogP) is 4.00. The molecule has 100 valence electrons. The Kier molecular flexibility index (Phi) is 4.45. The summed E-state index contributed by atoms with van der Waals surface area (Å²) in [7, 11) is 0. The molecular formula is C11H11BF6. The average Bonchev–Trinajstić information content (AvgIpc) is 2.54. The molecule has 1 aliphatic carbocycles. The summed E-state index contributed by atoms with van der Waals surface area (Å²) >= 11 is 0. The number of allylic oxidation sites excluding steroid dienone is 4. The molecule has 0 radical (unpaired) electrons. The third kappa shape index (κ3) is 4.03. The zero-order chi connectivity index (χ0) is 14.0. The Morgan fingerprint density at radius 3 is 2.11 bits per heavy atom. The van der Waals surface area contributed by atoms with Gasteiger partial charge in [0.2, 0.25) is 0 Å². The molecule has 0 N–H and O–H groups in total. The molecule has 0 aromatic rings. The maximum atomic E-state index is 12.6. The second-order valence-electron chi connectivity index (χ2n) is 3.97. The molecule has 0 spiro atoms. The molecule has 0 atom stereocenters. The van der Waals surface area contributed by atoms with Crippen molar-refractivity contribution in [1.29, 1.82) is 0 Å². The molecule has 1 aliphatic rings. The molecule has 0 bridgehead atoms. The number of hydrogen-bond donors (Lipinski definition) is 0. The Morgan fingerprint density at radius 2 is 1.67 bits per heavy atom. The van der Waals surface area contributed by atoms with Crippen molar-refractivity contribution in [2.75, 3.05) is 0 Å². The fourth-order valence-electron chi connectivity index (χ4n) is 1.74. The first kappa shape index (κ1) is 15.1. The summed E-state index contributed by atoms with van der Waals surface area (Å²) in [5.41, 5.74) is -1.61. The van der Waals surface area contributed by atoms with Gasteiger partial charge in [-0.25, -0.2) is 0 Å². The molecule has 0 nitrogen and oxygen atoms in total. The molecule has 1 rings (SSSR count). The van der Waals surface area contributed by atoms with E-state index in [1.54, 1.807) is 6.92 Å². The molecule has 0 heterocycles. The van der Waals surface area contributed by atoms with E-state index >= 15 is 0 Å². The summed E-state index contributed by atoms with van der Waals surface area (Å²) in [5, 5.41) is 0. The Bertz CT molecular complexity index is 397. The van der Waals surface area contributed by atoms with E-state index in [4.69, 9.17) is 0 Å². The van der Waals surface area contributed by atoms with Crippen molar-refractivity contribution < 1.29 is 26.3 Å². The third-order valence-electron chi connectivity index (χ3n) is 2.51. The van der Waals surface area contributed by atoms with Crippen molar-refractivity contribution >= 4 is 12.4 Å². The molecular weight excluding hydrogens is 257 g/mol. The summed E-state index contributed by atoms with van der Waals surface area (Å²) < 4.78 is 74.5. The van der Waals surface area contributed by atoms with Crippen LogP contribution in [0.4, 0.5) is 26.3 Å². The zero-order valence-corrected chi connectivity index (χ0v) is 9.62. The molecule has 7 heteroatoms. The van der Waals surface area contributed by atoms with Crippen LogP contribution >= 0.6 is 0 Å². The van der Waals surface area contributed by atoms with Gasteiger partial charge in [-0.2, -0.15) is 0 Å². The first-order valence-electron chi connectivity index (χ1n) is 5.43. The number of alkyl halides is 6. The normalized spacial score (nSPS) is 18.7. The summed E-state index contributed by atoms with van der Waals surface area (Å²) in [5.74, 6) is 0. The standard InChI is InChI=1S/C11H11BF6/c1-2-3-4-7-8(10(13,14)15)5-6-9(7)12-11(16,17)18/h5-6H,2-4H2,1H3. The van der Waals surface area contributed by atoms with Crippen molar-refractivity contribution in [2.24, 2.45) is 0 Å². The fraction of sp³-hybridized carbons (Fsp3) is 0.545. The van der Waals surface area contributed by atoms with Gasteiger partial charge >= 0.3 is 100 Å². The van der Waals surface area contributed by atoms with Gasteiger partial charge in [-0.3, -0.25) is 0 Å². The quantitative estimate of drug-likeness (QED) is 0.536. The number of rotatable bonds is 3.